The van der Waals surface area contributed by atoms with Gasteiger partial charge < -0.3 is 67.6 Å². The molecule has 3 fully saturated rings. The third kappa shape index (κ3) is 13.5. The van der Waals surface area contributed by atoms with E-state index in [1.54, 1.807) is 65.8 Å². The summed E-state index contributed by atoms with van der Waals surface area (Å²) < 4.78 is 54.7. The van der Waals surface area contributed by atoms with Gasteiger partial charge in [0.2, 0.25) is 0 Å². The van der Waals surface area contributed by atoms with E-state index >= 15 is 0 Å². The van der Waals surface area contributed by atoms with Gasteiger partial charge in [-0.2, -0.15) is 0 Å². The lowest BCUT2D eigenvalue weighted by Crippen LogP contribution is -2.66. The molecule has 4 heterocycles. The van der Waals surface area contributed by atoms with Crippen LogP contribution in [-0.4, -0.2) is 163 Å². The van der Waals surface area contributed by atoms with Gasteiger partial charge in [-0.15, -0.1) is 0 Å². The Labute approximate surface area is 354 Å². The first-order chi connectivity index (χ1) is 28.2. The number of aliphatic hydroxyl groups excluding tert-OH is 2. The average Bonchev–Trinajstić information content (AvgIpc) is 3.89. The quantitative estimate of drug-likeness (QED) is 0.0797. The Hall–Kier alpha value is -2.58. The first-order valence-corrected chi connectivity index (χ1v) is 21.4. The lowest BCUT2D eigenvalue weighted by atomic mass is 9.82. The Morgan fingerprint density at radius 1 is 0.967 bits per heavy atom. The zero-order valence-corrected chi connectivity index (χ0v) is 37.2. The van der Waals surface area contributed by atoms with Gasteiger partial charge in [0.25, 0.3) is 0 Å². The summed E-state index contributed by atoms with van der Waals surface area (Å²) in [7, 11) is 4.87. The number of cyclic esters (lactones) is 1. The second kappa shape index (κ2) is 22.2. The highest BCUT2D eigenvalue weighted by molar-refractivity contribution is 5.72. The van der Waals surface area contributed by atoms with Crippen LogP contribution in [0.15, 0.2) is 12.2 Å². The number of carbonyl (C=O) groups excluding carboxylic acids is 4. The van der Waals surface area contributed by atoms with Crippen LogP contribution in [0.25, 0.3) is 0 Å². The van der Waals surface area contributed by atoms with Crippen molar-refractivity contribution < 1.29 is 77.1 Å². The molecular formula is C43H71NO16. The molecule has 0 amide bonds. The van der Waals surface area contributed by atoms with Gasteiger partial charge in [0.05, 0.1) is 43.0 Å². The average molecular weight is 858 g/mol. The number of methoxy groups -OCH3 is 1. The van der Waals surface area contributed by atoms with Gasteiger partial charge in [0.1, 0.15) is 48.5 Å². The summed E-state index contributed by atoms with van der Waals surface area (Å²) in [6.45, 7) is 14.0. The highest BCUT2D eigenvalue weighted by Gasteiger charge is 2.53. The van der Waals surface area contributed by atoms with Crippen molar-refractivity contribution in [3.05, 3.63) is 12.2 Å². The number of ether oxygens (including phenoxy) is 9. The van der Waals surface area contributed by atoms with Crippen molar-refractivity contribution in [2.24, 2.45) is 17.8 Å². The summed E-state index contributed by atoms with van der Waals surface area (Å²) >= 11 is 0. The minimum Gasteiger partial charge on any atom is -0.462 e. The summed E-state index contributed by atoms with van der Waals surface area (Å²) in [5.41, 5.74) is -1.50. The number of epoxide rings is 1. The first-order valence-electron chi connectivity index (χ1n) is 21.4. The fraction of sp³-hybridized carbons (Fsp3) is 0.860. The van der Waals surface area contributed by atoms with Gasteiger partial charge >= 0.3 is 17.9 Å². The van der Waals surface area contributed by atoms with Crippen molar-refractivity contribution in [2.75, 3.05) is 21.2 Å². The number of rotatable bonds is 13. The molecule has 0 saturated carbocycles. The predicted molar refractivity (Wildman–Crippen MR) is 214 cm³/mol. The van der Waals surface area contributed by atoms with E-state index in [1.807, 2.05) is 20.8 Å². The molecule has 0 radical (unpaired) electrons. The third-order valence-electron chi connectivity index (χ3n) is 11.8. The molecule has 0 aromatic rings. The largest absolute Gasteiger partial charge is 0.462 e. The maximum absolute atomic E-state index is 13.4. The second-order valence-electron chi connectivity index (χ2n) is 17.9. The van der Waals surface area contributed by atoms with Gasteiger partial charge in [0.15, 0.2) is 18.7 Å². The smallest absolute Gasteiger partial charge is 0.309 e. The maximum atomic E-state index is 13.4. The lowest BCUT2D eigenvalue weighted by molar-refractivity contribution is -0.344. The first kappa shape index (κ1) is 50.1. The molecule has 18 atom stereocenters. The molecule has 60 heavy (non-hydrogen) atoms. The fourth-order valence-corrected chi connectivity index (χ4v) is 8.66. The van der Waals surface area contributed by atoms with Crippen LogP contribution in [0.4, 0.5) is 0 Å². The van der Waals surface area contributed by atoms with Crippen molar-refractivity contribution >= 4 is 24.2 Å². The lowest BCUT2D eigenvalue weighted by Gasteiger charge is -2.50. The molecule has 4 rings (SSSR count). The molecular weight excluding hydrogens is 786 g/mol. The summed E-state index contributed by atoms with van der Waals surface area (Å²) in [4.78, 5) is 53.0. The molecule has 344 valence electrons. The van der Waals surface area contributed by atoms with Gasteiger partial charge in [0, 0.05) is 39.2 Å². The van der Waals surface area contributed by atoms with Crippen molar-refractivity contribution in [2.45, 2.75) is 198 Å². The van der Waals surface area contributed by atoms with Crippen LogP contribution in [-0.2, 0) is 61.8 Å². The summed E-state index contributed by atoms with van der Waals surface area (Å²) in [6, 6.07) is -0.787. The number of fused-ring (bicyclic) bond motifs is 1. The molecule has 0 aromatic carbocycles. The molecule has 0 aliphatic carbocycles. The van der Waals surface area contributed by atoms with E-state index in [1.165, 1.54) is 7.11 Å². The van der Waals surface area contributed by atoms with Crippen LogP contribution in [0.3, 0.4) is 0 Å². The molecule has 0 aromatic heterocycles. The number of aliphatic hydroxyl groups is 3. The van der Waals surface area contributed by atoms with E-state index in [-0.39, 0.29) is 50.2 Å². The molecule has 0 bridgehead atoms. The van der Waals surface area contributed by atoms with Crippen molar-refractivity contribution in [3.63, 3.8) is 0 Å². The molecule has 17 nitrogen and oxygen atoms in total. The monoisotopic (exact) mass is 857 g/mol. The minimum absolute atomic E-state index is 0.00559. The van der Waals surface area contributed by atoms with Gasteiger partial charge in [-0.3, -0.25) is 14.4 Å². The molecule has 4 aliphatic rings. The van der Waals surface area contributed by atoms with Crippen molar-refractivity contribution in [1.82, 2.24) is 4.90 Å². The van der Waals surface area contributed by atoms with Crippen molar-refractivity contribution in [1.29, 1.82) is 0 Å². The fourth-order valence-electron chi connectivity index (χ4n) is 8.66. The zero-order valence-electron chi connectivity index (χ0n) is 37.2. The summed E-state index contributed by atoms with van der Waals surface area (Å²) in [6.07, 6.45) is -8.08. The Morgan fingerprint density at radius 2 is 1.67 bits per heavy atom. The van der Waals surface area contributed by atoms with E-state index in [0.717, 1.165) is 6.29 Å². The van der Waals surface area contributed by atoms with Crippen LogP contribution < -0.4 is 0 Å². The molecule has 9 unspecified atom stereocenters. The van der Waals surface area contributed by atoms with E-state index in [0.29, 0.717) is 6.42 Å². The van der Waals surface area contributed by atoms with Gasteiger partial charge in [-0.1, -0.05) is 39.8 Å². The Morgan fingerprint density at radius 3 is 2.27 bits per heavy atom. The molecule has 17 heteroatoms. The zero-order chi connectivity index (χ0) is 44.6. The summed E-state index contributed by atoms with van der Waals surface area (Å²) in [5.74, 6) is -2.76. The predicted octanol–water partition coefficient (Wildman–Crippen LogP) is 2.61. The standard InChI is InChI=1S/C43H71NO16/c1-12-32(47)57-31-20-34(49)53-24(5)19-30-29(56-30)14-13-28(46)23(4)18-27(15-16-45)39(40(31)52-11)60-42-37(50)36(44(9)10)38(25(6)55-42)59-35-21-43(8,51)41(26(7)54-35)58-33(48)17-22(2)3/h13-14,16,22-31,35-42,46,50-51H,12,15,17-21H2,1-11H3/b14-13+/t23-,24-,25?,26?,27+,28+,29-,30+,31-,35?,36?,37?,38?,39+,40-,41?,42?,43?/m1/s1. The number of carbonyl (C=O) groups is 4. The number of hydrogen-bond donors (Lipinski definition) is 3. The number of nitrogens with zero attached hydrogens (tertiary/aromatic N) is 1. The van der Waals surface area contributed by atoms with E-state index in [9.17, 15) is 34.5 Å². The number of esters is 3. The normalized spacial score (nSPS) is 42.5. The number of hydrogen-bond acceptors (Lipinski definition) is 17. The Balaban J connectivity index is 1.65. The SMILES string of the molecule is CCC(=O)O[C@@H]1CC(=O)O[C@H](C)C[C@@H]2O[C@@H]2/C=C/[C@H](O)[C@H](C)C[C@H](CC=O)[C@H](OC2OC(C)C(OC3CC(C)(O)C(OC(=O)CC(C)C)C(C)O3)C(N(C)C)C2O)[C@@H]1OC. The van der Waals surface area contributed by atoms with Crippen LogP contribution >= 0.6 is 0 Å². The number of likely N-dealkylation sites (N-methyl/N-ethyl adjacent to an activating group) is 1. The molecule has 4 aliphatic heterocycles. The highest BCUT2D eigenvalue weighted by Crippen LogP contribution is 2.38. The molecule has 3 saturated heterocycles. The topological polar surface area (TPSA) is 219 Å². The van der Waals surface area contributed by atoms with E-state index in [2.05, 4.69) is 0 Å². The third-order valence-corrected chi connectivity index (χ3v) is 11.8. The van der Waals surface area contributed by atoms with Crippen LogP contribution in [0, 0.1) is 17.8 Å². The Kier molecular flexibility index (Phi) is 18.5. The van der Waals surface area contributed by atoms with Crippen LogP contribution in [0.5, 0.6) is 0 Å². The minimum atomic E-state index is -1.50. The van der Waals surface area contributed by atoms with E-state index in [4.69, 9.17) is 42.6 Å². The van der Waals surface area contributed by atoms with Crippen LogP contribution in [0.1, 0.15) is 100 Å². The van der Waals surface area contributed by atoms with Crippen molar-refractivity contribution in [3.8, 4) is 0 Å². The van der Waals surface area contributed by atoms with Gasteiger partial charge in [-0.25, -0.2) is 0 Å². The molecule has 0 spiro atoms. The Bertz CT molecular complexity index is 1440. The van der Waals surface area contributed by atoms with Crippen LogP contribution in [0.2, 0.25) is 0 Å². The van der Waals surface area contributed by atoms with Gasteiger partial charge in [-0.05, 0) is 66.0 Å². The second-order valence-corrected chi connectivity index (χ2v) is 17.9. The highest BCUT2D eigenvalue weighted by atomic mass is 16.7. The maximum Gasteiger partial charge on any atom is 0.309 e. The summed E-state index contributed by atoms with van der Waals surface area (Å²) in [5, 5.41) is 34.8. The number of aldehydes is 1. The van der Waals surface area contributed by atoms with E-state index < -0.39 is 121 Å². The molecule has 3 N–H and O–H groups in total.